The zero-order valence-electron chi connectivity index (χ0n) is 30.5. The Balaban J connectivity index is 0.880. The first-order valence-corrected chi connectivity index (χ1v) is 18.2. The minimum atomic E-state index is -0.749. The molecule has 6 aromatic rings. The monoisotopic (exact) mass is 766 g/mol. The van der Waals surface area contributed by atoms with Crippen LogP contribution in [0, 0.1) is 45.9 Å². The first kappa shape index (κ1) is 39.6. The van der Waals surface area contributed by atoms with Crippen LogP contribution in [0.2, 0.25) is 0 Å². The Morgan fingerprint density at radius 2 is 0.842 bits per heavy atom. The van der Waals surface area contributed by atoms with Crippen molar-refractivity contribution in [2.24, 2.45) is 0 Å². The number of nitriles is 2. The van der Waals surface area contributed by atoms with E-state index in [1.807, 2.05) is 24.3 Å². The van der Waals surface area contributed by atoms with Crippen LogP contribution in [0.15, 0.2) is 121 Å². The van der Waals surface area contributed by atoms with Crippen molar-refractivity contribution in [3.8, 4) is 45.9 Å². The maximum absolute atomic E-state index is 14.8. The summed E-state index contributed by atoms with van der Waals surface area (Å²) in [5, 5.41) is 17.8. The van der Waals surface area contributed by atoms with Gasteiger partial charge in [0.1, 0.15) is 46.9 Å². The summed E-state index contributed by atoms with van der Waals surface area (Å²) in [6, 6.07) is 33.0. The molecule has 0 radical (unpaired) electrons. The number of hydrogen-bond donors (Lipinski definition) is 0. The second-order valence-electron chi connectivity index (χ2n) is 13.3. The molecule has 0 aromatic heterocycles. The van der Waals surface area contributed by atoms with Crippen LogP contribution in [0.4, 0.5) is 17.6 Å². The van der Waals surface area contributed by atoms with Crippen molar-refractivity contribution in [2.75, 3.05) is 0 Å². The van der Waals surface area contributed by atoms with E-state index in [0.717, 1.165) is 80.3 Å². The minimum Gasteiger partial charge on any atom is -0.423 e. The fraction of sp³-hybridized carbons (Fsp3) is 0.149. The van der Waals surface area contributed by atoms with Gasteiger partial charge in [0.25, 0.3) is 0 Å². The van der Waals surface area contributed by atoms with Gasteiger partial charge in [-0.1, -0.05) is 55.7 Å². The van der Waals surface area contributed by atoms with E-state index in [1.54, 1.807) is 36.4 Å². The third kappa shape index (κ3) is 10.2. The zero-order valence-corrected chi connectivity index (χ0v) is 30.5. The molecule has 57 heavy (non-hydrogen) atoms. The van der Waals surface area contributed by atoms with Crippen LogP contribution in [-0.4, -0.2) is 11.9 Å². The molecule has 0 atom stereocenters. The van der Waals surface area contributed by atoms with Gasteiger partial charge in [-0.25, -0.2) is 27.2 Å². The number of esters is 2. The molecule has 0 aliphatic heterocycles. The summed E-state index contributed by atoms with van der Waals surface area (Å²) in [5.74, 6) is -4.13. The minimum absolute atomic E-state index is 0.0119. The molecule has 6 rings (SSSR count). The average Bonchev–Trinajstić information content (AvgIpc) is 3.21. The number of benzene rings is 6. The molecule has 0 bridgehead atoms. The molecule has 6 nitrogen and oxygen atoms in total. The highest BCUT2D eigenvalue weighted by Crippen LogP contribution is 2.30. The molecule has 0 saturated carbocycles. The fourth-order valence-electron chi connectivity index (χ4n) is 6.27. The number of nitrogens with zero attached hydrogens (tertiary/aromatic N) is 2. The highest BCUT2D eigenvalue weighted by atomic mass is 19.1. The summed E-state index contributed by atoms with van der Waals surface area (Å²) in [5.41, 5.74) is 3.27. The molecule has 284 valence electrons. The summed E-state index contributed by atoms with van der Waals surface area (Å²) in [4.78, 5) is 25.4. The quantitative estimate of drug-likeness (QED) is 0.0474. The maximum atomic E-state index is 14.8. The van der Waals surface area contributed by atoms with E-state index in [4.69, 9.17) is 20.0 Å². The third-order valence-corrected chi connectivity index (χ3v) is 9.41. The number of unbranched alkanes of at least 4 members (excludes halogenated alkanes) is 4. The van der Waals surface area contributed by atoms with E-state index < -0.39 is 35.2 Å². The lowest BCUT2D eigenvalue weighted by atomic mass is 10.0. The number of halogens is 4. The van der Waals surface area contributed by atoms with Crippen molar-refractivity contribution >= 4 is 11.9 Å². The van der Waals surface area contributed by atoms with Gasteiger partial charge in [-0.05, 0) is 121 Å². The maximum Gasteiger partial charge on any atom is 0.343 e. The van der Waals surface area contributed by atoms with Gasteiger partial charge in [0.05, 0.1) is 22.3 Å². The van der Waals surface area contributed by atoms with Crippen LogP contribution in [-0.2, 0) is 12.8 Å². The van der Waals surface area contributed by atoms with E-state index in [1.165, 1.54) is 48.5 Å². The van der Waals surface area contributed by atoms with Gasteiger partial charge in [0, 0.05) is 23.3 Å². The van der Waals surface area contributed by atoms with Gasteiger partial charge < -0.3 is 9.47 Å². The van der Waals surface area contributed by atoms with Crippen LogP contribution < -0.4 is 9.47 Å². The van der Waals surface area contributed by atoms with Gasteiger partial charge in [-0.3, -0.25) is 0 Å². The normalized spacial score (nSPS) is 10.7. The highest BCUT2D eigenvalue weighted by molar-refractivity contribution is 5.91. The molecule has 0 spiro atoms. The third-order valence-electron chi connectivity index (χ3n) is 9.41. The van der Waals surface area contributed by atoms with E-state index in [-0.39, 0.29) is 44.9 Å². The van der Waals surface area contributed by atoms with Crippen molar-refractivity contribution in [1.29, 1.82) is 10.5 Å². The van der Waals surface area contributed by atoms with E-state index in [0.29, 0.717) is 11.1 Å². The first-order valence-electron chi connectivity index (χ1n) is 18.2. The van der Waals surface area contributed by atoms with Crippen LogP contribution >= 0.6 is 0 Å². The lowest BCUT2D eigenvalue weighted by Crippen LogP contribution is -2.08. The molecular weight excluding hydrogens is 733 g/mol. The second-order valence-corrected chi connectivity index (χ2v) is 13.3. The van der Waals surface area contributed by atoms with Gasteiger partial charge in [-0.15, -0.1) is 0 Å². The number of carbonyl (C=O) groups excluding carboxylic acids is 2. The van der Waals surface area contributed by atoms with E-state index in [9.17, 15) is 27.2 Å². The molecule has 0 aliphatic rings. The summed E-state index contributed by atoms with van der Waals surface area (Å²) < 4.78 is 68.3. The SMILES string of the molecule is N#Cc1ccc(-c2ccc(OC(=O)c3ccc(CCCCCCCc4ccc(C(=O)Oc5ccc(-c6ccc(C#N)c(F)c6)c(F)c5)cc4)cc3)cc2F)cc1F. The predicted molar refractivity (Wildman–Crippen MR) is 206 cm³/mol. The van der Waals surface area contributed by atoms with Crippen LogP contribution in [0.1, 0.15) is 75.1 Å². The van der Waals surface area contributed by atoms with Crippen LogP contribution in [0.25, 0.3) is 22.3 Å². The Labute approximate surface area is 327 Å². The molecule has 0 saturated heterocycles. The molecule has 0 aliphatic carbocycles. The molecule has 0 amide bonds. The number of ether oxygens (including phenoxy) is 2. The molecule has 0 N–H and O–H groups in total. The zero-order chi connectivity index (χ0) is 40.3. The number of aryl methyl sites for hydroxylation is 2. The van der Waals surface area contributed by atoms with Gasteiger partial charge in [-0.2, -0.15) is 10.5 Å². The fourth-order valence-corrected chi connectivity index (χ4v) is 6.27. The summed E-state index contributed by atoms with van der Waals surface area (Å²) in [6.07, 6.45) is 6.80. The summed E-state index contributed by atoms with van der Waals surface area (Å²) in [7, 11) is 0. The second kappa shape index (κ2) is 18.5. The number of carbonyl (C=O) groups is 2. The molecule has 0 heterocycles. The molecular formula is C47H34F4N2O4. The Kier molecular flexibility index (Phi) is 12.9. The van der Waals surface area contributed by atoms with E-state index >= 15 is 0 Å². The molecule has 0 unspecified atom stereocenters. The smallest absolute Gasteiger partial charge is 0.343 e. The van der Waals surface area contributed by atoms with Crippen molar-refractivity contribution in [1.82, 2.24) is 0 Å². The van der Waals surface area contributed by atoms with Crippen LogP contribution in [0.5, 0.6) is 11.5 Å². The Bertz CT molecular complexity index is 2330. The standard InChI is InChI=1S/C47H34F4N2O4/c48-42-24-34(16-18-36(42)28-52)40-22-20-38(26-44(40)50)56-46(54)32-12-8-30(9-13-32)6-4-2-1-3-5-7-31-10-14-33(15-11-31)47(55)57-39-21-23-41(45(51)27-39)35-17-19-37(29-53)43(49)25-35/h8-27H,1-7H2. The highest BCUT2D eigenvalue weighted by Gasteiger charge is 2.15. The lowest BCUT2D eigenvalue weighted by Gasteiger charge is -2.09. The largest absolute Gasteiger partial charge is 0.423 e. The molecule has 6 aromatic carbocycles. The Hall–Kier alpha value is -7.04. The van der Waals surface area contributed by atoms with Gasteiger partial charge in [0.15, 0.2) is 0 Å². The van der Waals surface area contributed by atoms with Crippen LogP contribution in [0.3, 0.4) is 0 Å². The Morgan fingerprint density at radius 1 is 0.456 bits per heavy atom. The lowest BCUT2D eigenvalue weighted by molar-refractivity contribution is 0.0724. The number of rotatable bonds is 14. The average molecular weight is 767 g/mol. The van der Waals surface area contributed by atoms with Crippen molar-refractivity contribution < 1.29 is 36.6 Å². The van der Waals surface area contributed by atoms with Gasteiger partial charge >= 0.3 is 11.9 Å². The molecule has 0 fully saturated rings. The predicted octanol–water partition coefficient (Wildman–Crippen LogP) is 11.5. The van der Waals surface area contributed by atoms with Gasteiger partial charge in [0.2, 0.25) is 0 Å². The van der Waals surface area contributed by atoms with Crippen molar-refractivity contribution in [3.05, 3.63) is 178 Å². The van der Waals surface area contributed by atoms with Crippen molar-refractivity contribution in [2.45, 2.75) is 44.9 Å². The number of hydrogen-bond acceptors (Lipinski definition) is 6. The molecule has 10 heteroatoms. The van der Waals surface area contributed by atoms with E-state index in [2.05, 4.69) is 0 Å². The Morgan fingerprint density at radius 3 is 1.19 bits per heavy atom. The summed E-state index contributed by atoms with van der Waals surface area (Å²) >= 11 is 0. The topological polar surface area (TPSA) is 100 Å². The first-order chi connectivity index (χ1) is 27.6. The summed E-state index contributed by atoms with van der Waals surface area (Å²) in [6.45, 7) is 0. The van der Waals surface area contributed by atoms with Crippen molar-refractivity contribution in [3.63, 3.8) is 0 Å².